The van der Waals surface area contributed by atoms with Crippen LogP contribution in [0.1, 0.15) is 21.5 Å². The van der Waals surface area contributed by atoms with Gasteiger partial charge in [0.1, 0.15) is 0 Å². The third-order valence-corrected chi connectivity index (χ3v) is 3.09. The van der Waals surface area contributed by atoms with Gasteiger partial charge in [-0.15, -0.1) is 0 Å². The van der Waals surface area contributed by atoms with Crippen LogP contribution < -0.4 is 5.32 Å². The van der Waals surface area contributed by atoms with Crippen LogP contribution in [0.3, 0.4) is 0 Å². The Morgan fingerprint density at radius 1 is 1.17 bits per heavy atom. The lowest BCUT2D eigenvalue weighted by Crippen LogP contribution is -2.13. The first-order valence-corrected chi connectivity index (χ1v) is 6.48. The number of nitrogens with zero attached hydrogens (tertiary/aromatic N) is 1. The fourth-order valence-electron chi connectivity index (χ4n) is 1.90. The highest BCUT2D eigenvalue weighted by Gasteiger charge is 2.30. The molecule has 0 aliphatic rings. The fourth-order valence-corrected chi connectivity index (χ4v) is 1.90. The Morgan fingerprint density at radius 2 is 1.91 bits per heavy atom. The highest BCUT2D eigenvalue weighted by atomic mass is 19.4. The molecule has 2 aromatic carbocycles. The van der Waals surface area contributed by atoms with E-state index < -0.39 is 17.6 Å². The molecule has 0 fully saturated rings. The summed E-state index contributed by atoms with van der Waals surface area (Å²) in [5.74, 6) is -0.694. The third-order valence-electron chi connectivity index (χ3n) is 3.09. The molecule has 2 aromatic rings. The number of anilines is 1. The number of halogens is 3. The van der Waals surface area contributed by atoms with E-state index in [-0.39, 0.29) is 5.56 Å². The maximum Gasteiger partial charge on any atom is 0.416 e. The van der Waals surface area contributed by atoms with Crippen molar-refractivity contribution in [1.29, 1.82) is 0 Å². The van der Waals surface area contributed by atoms with Crippen LogP contribution >= 0.6 is 0 Å². The Labute approximate surface area is 129 Å². The van der Waals surface area contributed by atoms with Crippen LogP contribution in [0, 0.1) is 6.92 Å². The normalized spacial score (nSPS) is 10.8. The van der Waals surface area contributed by atoms with Gasteiger partial charge in [0.15, 0.2) is 0 Å². The monoisotopic (exact) mass is 320 g/mol. The molecule has 1 N–H and O–H groups in total. The van der Waals surface area contributed by atoms with Crippen molar-refractivity contribution < 1.29 is 22.8 Å². The number of carbonyl (C=O) groups is 1. The molecular weight excluding hydrogens is 309 g/mol. The van der Waals surface area contributed by atoms with Crippen molar-refractivity contribution in [3.05, 3.63) is 59.2 Å². The SMILES string of the molecule is Cc1ccc(NC(=O)c2cccc(C(F)(F)F)c2)cc1N=C=O. The molecule has 118 valence electrons. The van der Waals surface area contributed by atoms with Gasteiger partial charge in [-0.2, -0.15) is 18.2 Å². The van der Waals surface area contributed by atoms with E-state index in [0.29, 0.717) is 16.9 Å². The Balaban J connectivity index is 2.26. The summed E-state index contributed by atoms with van der Waals surface area (Å²) in [5.41, 5.74) is 0.306. The first-order chi connectivity index (χ1) is 10.8. The van der Waals surface area contributed by atoms with Crippen molar-refractivity contribution in [1.82, 2.24) is 0 Å². The van der Waals surface area contributed by atoms with Crippen LogP contribution in [0.4, 0.5) is 24.5 Å². The lowest BCUT2D eigenvalue weighted by atomic mass is 10.1. The largest absolute Gasteiger partial charge is 0.416 e. The Morgan fingerprint density at radius 3 is 2.57 bits per heavy atom. The fraction of sp³-hybridized carbons (Fsp3) is 0.125. The molecule has 0 aliphatic carbocycles. The van der Waals surface area contributed by atoms with Gasteiger partial charge in [0.2, 0.25) is 6.08 Å². The summed E-state index contributed by atoms with van der Waals surface area (Å²) in [5, 5.41) is 2.47. The van der Waals surface area contributed by atoms with E-state index in [1.54, 1.807) is 19.1 Å². The molecule has 7 heteroatoms. The molecule has 0 spiro atoms. The minimum atomic E-state index is -4.52. The number of rotatable bonds is 3. The van der Waals surface area contributed by atoms with Gasteiger partial charge in [-0.25, -0.2) is 4.79 Å². The maximum absolute atomic E-state index is 12.7. The molecular formula is C16H11F3N2O2. The van der Waals surface area contributed by atoms with Crippen LogP contribution in [-0.2, 0) is 11.0 Å². The minimum Gasteiger partial charge on any atom is -0.322 e. The van der Waals surface area contributed by atoms with Crippen molar-refractivity contribution in [2.45, 2.75) is 13.1 Å². The molecule has 0 unspecified atom stereocenters. The predicted octanol–water partition coefficient (Wildman–Crippen LogP) is 4.23. The van der Waals surface area contributed by atoms with Gasteiger partial charge in [-0.3, -0.25) is 4.79 Å². The van der Waals surface area contributed by atoms with Gasteiger partial charge in [-0.05, 0) is 42.8 Å². The number of benzene rings is 2. The Kier molecular flexibility index (Phi) is 4.62. The van der Waals surface area contributed by atoms with E-state index >= 15 is 0 Å². The molecule has 0 saturated heterocycles. The molecule has 0 atom stereocenters. The van der Waals surface area contributed by atoms with E-state index in [0.717, 1.165) is 18.2 Å². The molecule has 0 heterocycles. The summed E-state index contributed by atoms with van der Waals surface area (Å²) in [6, 6.07) is 8.72. The zero-order valence-corrected chi connectivity index (χ0v) is 11.9. The predicted molar refractivity (Wildman–Crippen MR) is 78.4 cm³/mol. The van der Waals surface area contributed by atoms with Crippen molar-refractivity contribution in [2.75, 3.05) is 5.32 Å². The maximum atomic E-state index is 12.7. The second kappa shape index (κ2) is 6.46. The van der Waals surface area contributed by atoms with Crippen molar-refractivity contribution >= 4 is 23.4 Å². The average molecular weight is 320 g/mol. The number of carbonyl (C=O) groups excluding carboxylic acids is 2. The Hall–Kier alpha value is -2.92. The number of nitrogens with one attached hydrogen (secondary N) is 1. The van der Waals surface area contributed by atoms with E-state index in [4.69, 9.17) is 0 Å². The first kappa shape index (κ1) is 16.5. The topological polar surface area (TPSA) is 58.5 Å². The number of alkyl halides is 3. The van der Waals surface area contributed by atoms with Crippen LogP contribution in [0.15, 0.2) is 47.5 Å². The summed E-state index contributed by atoms with van der Waals surface area (Å²) >= 11 is 0. The number of aliphatic imine (C=N–C) groups is 1. The van der Waals surface area contributed by atoms with Gasteiger partial charge in [0.25, 0.3) is 5.91 Å². The van der Waals surface area contributed by atoms with Crippen LogP contribution in [0.2, 0.25) is 0 Å². The number of isocyanates is 1. The molecule has 1 amide bonds. The molecule has 0 bridgehead atoms. The van der Waals surface area contributed by atoms with Gasteiger partial charge in [0, 0.05) is 11.3 Å². The second-order valence-corrected chi connectivity index (χ2v) is 4.74. The zero-order chi connectivity index (χ0) is 17.0. The average Bonchev–Trinajstić information content (AvgIpc) is 2.50. The molecule has 2 rings (SSSR count). The van der Waals surface area contributed by atoms with E-state index in [9.17, 15) is 22.8 Å². The van der Waals surface area contributed by atoms with Gasteiger partial charge in [-0.1, -0.05) is 12.1 Å². The highest BCUT2D eigenvalue weighted by molar-refractivity contribution is 6.04. The zero-order valence-electron chi connectivity index (χ0n) is 11.9. The molecule has 0 saturated carbocycles. The summed E-state index contributed by atoms with van der Waals surface area (Å²) in [7, 11) is 0. The molecule has 23 heavy (non-hydrogen) atoms. The number of amides is 1. The quantitative estimate of drug-likeness (QED) is 0.679. The van der Waals surface area contributed by atoms with Gasteiger partial charge < -0.3 is 5.32 Å². The first-order valence-electron chi connectivity index (χ1n) is 6.48. The molecule has 0 radical (unpaired) electrons. The molecule has 0 aliphatic heterocycles. The minimum absolute atomic E-state index is 0.124. The highest BCUT2D eigenvalue weighted by Crippen LogP contribution is 2.30. The van der Waals surface area contributed by atoms with Crippen molar-refractivity contribution in [2.24, 2.45) is 4.99 Å². The summed E-state index contributed by atoms with van der Waals surface area (Å²) in [4.78, 5) is 25.9. The van der Waals surface area contributed by atoms with Crippen LogP contribution in [0.25, 0.3) is 0 Å². The lowest BCUT2D eigenvalue weighted by molar-refractivity contribution is -0.137. The summed E-state index contributed by atoms with van der Waals surface area (Å²) < 4.78 is 38.0. The molecule has 4 nitrogen and oxygen atoms in total. The number of hydrogen-bond acceptors (Lipinski definition) is 3. The number of aryl methyl sites for hydroxylation is 1. The van der Waals surface area contributed by atoms with Gasteiger partial charge >= 0.3 is 6.18 Å². The van der Waals surface area contributed by atoms with Gasteiger partial charge in [0.05, 0.1) is 11.3 Å². The van der Waals surface area contributed by atoms with E-state index in [2.05, 4.69) is 10.3 Å². The van der Waals surface area contributed by atoms with Crippen molar-refractivity contribution in [3.8, 4) is 0 Å². The standard InChI is InChI=1S/C16H11F3N2O2/c1-10-5-6-13(8-14(10)20-9-22)21-15(23)11-3-2-4-12(7-11)16(17,18)19/h2-8H,1H3,(H,21,23). The number of hydrogen-bond donors (Lipinski definition) is 1. The van der Waals surface area contributed by atoms with Crippen LogP contribution in [-0.4, -0.2) is 12.0 Å². The smallest absolute Gasteiger partial charge is 0.322 e. The van der Waals surface area contributed by atoms with Crippen molar-refractivity contribution in [3.63, 3.8) is 0 Å². The van der Waals surface area contributed by atoms with Crippen LogP contribution in [0.5, 0.6) is 0 Å². The lowest BCUT2D eigenvalue weighted by Gasteiger charge is -2.10. The third kappa shape index (κ3) is 4.05. The van der Waals surface area contributed by atoms with E-state index in [1.165, 1.54) is 18.2 Å². The summed E-state index contributed by atoms with van der Waals surface area (Å²) in [6.45, 7) is 1.72. The second-order valence-electron chi connectivity index (χ2n) is 4.74. The summed E-state index contributed by atoms with van der Waals surface area (Å²) in [6.07, 6.45) is -3.12. The van der Waals surface area contributed by atoms with E-state index in [1.807, 2.05) is 0 Å². The molecule has 0 aromatic heterocycles. The Bertz CT molecular complexity index is 794.